The van der Waals surface area contributed by atoms with E-state index in [9.17, 15) is 0 Å². The highest BCUT2D eigenvalue weighted by Crippen LogP contribution is 2.20. The minimum absolute atomic E-state index is 0.610. The van der Waals surface area contributed by atoms with Gasteiger partial charge in [-0.15, -0.1) is 0 Å². The Morgan fingerprint density at radius 3 is 2.53 bits per heavy atom. The van der Waals surface area contributed by atoms with Gasteiger partial charge in [0.05, 0.1) is 0 Å². The monoisotopic (exact) mass is 253 g/mol. The zero-order valence-electron chi connectivity index (χ0n) is 11.4. The maximum Gasteiger partial charge on any atom is 0.0440 e. The number of halogens is 1. The molecular weight excluding hydrogens is 230 g/mol. The van der Waals surface area contributed by atoms with Gasteiger partial charge in [-0.3, -0.25) is 0 Å². The summed E-state index contributed by atoms with van der Waals surface area (Å²) in [5.74, 6) is 0.688. The van der Waals surface area contributed by atoms with Crippen molar-refractivity contribution in [2.75, 3.05) is 7.05 Å². The summed E-state index contributed by atoms with van der Waals surface area (Å²) in [5.41, 5.74) is 2.50. The zero-order valence-corrected chi connectivity index (χ0v) is 12.1. The van der Waals surface area contributed by atoms with E-state index in [2.05, 4.69) is 44.3 Å². The second-order valence-electron chi connectivity index (χ2n) is 5.13. The molecule has 96 valence electrons. The minimum atomic E-state index is 0.610. The van der Waals surface area contributed by atoms with Gasteiger partial charge in [0.2, 0.25) is 0 Å². The molecule has 0 aliphatic rings. The molecule has 1 aromatic rings. The van der Waals surface area contributed by atoms with Gasteiger partial charge in [-0.2, -0.15) is 0 Å². The van der Waals surface area contributed by atoms with Crippen LogP contribution >= 0.6 is 11.6 Å². The first-order chi connectivity index (χ1) is 8.04. The molecule has 1 atom stereocenters. The average Bonchev–Trinajstić information content (AvgIpc) is 2.26. The first-order valence-corrected chi connectivity index (χ1v) is 6.84. The smallest absolute Gasteiger partial charge is 0.0440 e. The minimum Gasteiger partial charge on any atom is -0.317 e. The first kappa shape index (κ1) is 14.5. The molecular formula is C15H24ClN. The normalized spacial score (nSPS) is 13.1. The molecule has 0 radical (unpaired) electrons. The van der Waals surface area contributed by atoms with Crippen molar-refractivity contribution in [3.8, 4) is 0 Å². The quantitative estimate of drug-likeness (QED) is 0.801. The van der Waals surface area contributed by atoms with Crippen LogP contribution in [0.3, 0.4) is 0 Å². The lowest BCUT2D eigenvalue weighted by Crippen LogP contribution is -2.30. The number of benzene rings is 1. The Labute approximate surface area is 111 Å². The molecule has 0 heterocycles. The summed E-state index contributed by atoms with van der Waals surface area (Å²) in [6, 6.07) is 6.95. The molecule has 0 saturated heterocycles. The summed E-state index contributed by atoms with van der Waals surface area (Å²) in [6.45, 7) is 6.60. The lowest BCUT2D eigenvalue weighted by Gasteiger charge is -2.20. The maximum atomic E-state index is 6.23. The molecule has 17 heavy (non-hydrogen) atoms. The standard InChI is InChI=1S/C15H24ClN/c1-11(2)15(17-4)7-5-6-13-9-8-12(3)10-14(13)16/h8-11,15,17H,5-7H2,1-4H3. The SMILES string of the molecule is CNC(CCCc1ccc(C)cc1Cl)C(C)C. The molecule has 1 unspecified atom stereocenters. The Bertz CT molecular complexity index is 347. The average molecular weight is 254 g/mol. The van der Waals surface area contributed by atoms with Crippen molar-refractivity contribution in [1.82, 2.24) is 5.32 Å². The molecule has 0 aliphatic carbocycles. The molecule has 0 fully saturated rings. The van der Waals surface area contributed by atoms with E-state index in [1.165, 1.54) is 24.0 Å². The Kier molecular flexibility index (Phi) is 6.01. The molecule has 1 aromatic carbocycles. The molecule has 0 saturated carbocycles. The van der Waals surface area contributed by atoms with Crippen LogP contribution in [0.15, 0.2) is 18.2 Å². The van der Waals surface area contributed by atoms with Gasteiger partial charge >= 0.3 is 0 Å². The van der Waals surface area contributed by atoms with E-state index in [-0.39, 0.29) is 0 Å². The predicted octanol–water partition coefficient (Wildman–Crippen LogP) is 4.22. The third kappa shape index (κ3) is 4.69. The van der Waals surface area contributed by atoms with E-state index < -0.39 is 0 Å². The van der Waals surface area contributed by atoms with Crippen molar-refractivity contribution in [1.29, 1.82) is 0 Å². The van der Waals surface area contributed by atoms with Crippen molar-refractivity contribution in [3.05, 3.63) is 34.3 Å². The third-order valence-corrected chi connectivity index (χ3v) is 3.70. The fraction of sp³-hybridized carbons (Fsp3) is 0.600. The van der Waals surface area contributed by atoms with Crippen molar-refractivity contribution in [2.24, 2.45) is 5.92 Å². The number of hydrogen-bond acceptors (Lipinski definition) is 1. The topological polar surface area (TPSA) is 12.0 Å². The number of hydrogen-bond donors (Lipinski definition) is 1. The molecule has 1 rings (SSSR count). The van der Waals surface area contributed by atoms with Crippen LogP contribution < -0.4 is 5.32 Å². The highest BCUT2D eigenvalue weighted by atomic mass is 35.5. The van der Waals surface area contributed by atoms with Crippen LogP contribution in [0.25, 0.3) is 0 Å². The third-order valence-electron chi connectivity index (χ3n) is 3.35. The lowest BCUT2D eigenvalue weighted by atomic mass is 9.97. The van der Waals surface area contributed by atoms with Gasteiger partial charge < -0.3 is 5.32 Å². The van der Waals surface area contributed by atoms with E-state index in [0.717, 1.165) is 11.4 Å². The van der Waals surface area contributed by atoms with E-state index in [0.29, 0.717) is 12.0 Å². The molecule has 0 aliphatic heterocycles. The van der Waals surface area contributed by atoms with Gasteiger partial charge in [0, 0.05) is 11.1 Å². The van der Waals surface area contributed by atoms with Crippen LogP contribution in [0.4, 0.5) is 0 Å². The summed E-state index contributed by atoms with van der Waals surface area (Å²) in [6.07, 6.45) is 3.47. The van der Waals surface area contributed by atoms with Gasteiger partial charge in [-0.1, -0.05) is 37.6 Å². The van der Waals surface area contributed by atoms with Crippen LogP contribution in [0.5, 0.6) is 0 Å². The van der Waals surface area contributed by atoms with E-state index >= 15 is 0 Å². The zero-order chi connectivity index (χ0) is 12.8. The summed E-state index contributed by atoms with van der Waals surface area (Å²) >= 11 is 6.23. The van der Waals surface area contributed by atoms with Crippen LogP contribution in [0, 0.1) is 12.8 Å². The van der Waals surface area contributed by atoms with Crippen LogP contribution in [-0.4, -0.2) is 13.1 Å². The Hall–Kier alpha value is -0.530. The summed E-state index contributed by atoms with van der Waals surface area (Å²) < 4.78 is 0. The highest BCUT2D eigenvalue weighted by Gasteiger charge is 2.10. The molecule has 0 bridgehead atoms. The molecule has 2 heteroatoms. The van der Waals surface area contributed by atoms with Gasteiger partial charge in [0.1, 0.15) is 0 Å². The Morgan fingerprint density at radius 2 is 2.00 bits per heavy atom. The van der Waals surface area contributed by atoms with Gasteiger partial charge in [-0.25, -0.2) is 0 Å². The number of nitrogens with one attached hydrogen (secondary N) is 1. The van der Waals surface area contributed by atoms with Crippen LogP contribution in [0.1, 0.15) is 37.8 Å². The Balaban J connectivity index is 2.45. The second-order valence-corrected chi connectivity index (χ2v) is 5.53. The van der Waals surface area contributed by atoms with Crippen LogP contribution in [0.2, 0.25) is 5.02 Å². The largest absolute Gasteiger partial charge is 0.317 e. The maximum absolute atomic E-state index is 6.23. The van der Waals surface area contributed by atoms with Crippen molar-refractivity contribution < 1.29 is 0 Å². The van der Waals surface area contributed by atoms with E-state index in [4.69, 9.17) is 11.6 Å². The van der Waals surface area contributed by atoms with E-state index in [1.54, 1.807) is 0 Å². The molecule has 0 amide bonds. The molecule has 1 N–H and O–H groups in total. The summed E-state index contributed by atoms with van der Waals surface area (Å²) in [4.78, 5) is 0. The van der Waals surface area contributed by atoms with Crippen molar-refractivity contribution in [2.45, 2.75) is 46.1 Å². The lowest BCUT2D eigenvalue weighted by molar-refractivity contribution is 0.393. The predicted molar refractivity (Wildman–Crippen MR) is 76.8 cm³/mol. The fourth-order valence-corrected chi connectivity index (χ4v) is 2.51. The first-order valence-electron chi connectivity index (χ1n) is 6.47. The van der Waals surface area contributed by atoms with Gasteiger partial charge in [0.15, 0.2) is 0 Å². The van der Waals surface area contributed by atoms with Crippen LogP contribution in [-0.2, 0) is 6.42 Å². The second kappa shape index (κ2) is 7.03. The number of rotatable bonds is 6. The van der Waals surface area contributed by atoms with Gasteiger partial charge in [0.25, 0.3) is 0 Å². The molecule has 0 aromatic heterocycles. The van der Waals surface area contributed by atoms with Gasteiger partial charge in [-0.05, 0) is 56.3 Å². The van der Waals surface area contributed by atoms with Crippen molar-refractivity contribution in [3.63, 3.8) is 0 Å². The molecule has 1 nitrogen and oxygen atoms in total. The number of aryl methyl sites for hydroxylation is 2. The summed E-state index contributed by atoms with van der Waals surface area (Å²) in [7, 11) is 2.05. The highest BCUT2D eigenvalue weighted by molar-refractivity contribution is 6.31. The van der Waals surface area contributed by atoms with Crippen molar-refractivity contribution >= 4 is 11.6 Å². The van der Waals surface area contributed by atoms with E-state index in [1.807, 2.05) is 7.05 Å². The summed E-state index contributed by atoms with van der Waals surface area (Å²) in [5, 5.41) is 4.29. The fourth-order valence-electron chi connectivity index (χ4n) is 2.18. The Morgan fingerprint density at radius 1 is 1.29 bits per heavy atom. The molecule has 0 spiro atoms.